The zero-order valence-electron chi connectivity index (χ0n) is 8.93. The van der Waals surface area contributed by atoms with Gasteiger partial charge in [0, 0.05) is 11.8 Å². The van der Waals surface area contributed by atoms with Crippen molar-refractivity contribution in [1.82, 2.24) is 5.32 Å². The van der Waals surface area contributed by atoms with E-state index < -0.39 is 6.03 Å². The van der Waals surface area contributed by atoms with E-state index in [1.165, 1.54) is 4.90 Å². The largest absolute Gasteiger partial charge is 0.486 e. The Morgan fingerprint density at radius 2 is 1.88 bits per heavy atom. The summed E-state index contributed by atoms with van der Waals surface area (Å²) in [7, 11) is 0. The predicted octanol–water partition coefficient (Wildman–Crippen LogP) is 0.514. The van der Waals surface area contributed by atoms with Crippen molar-refractivity contribution in [2.75, 3.05) is 24.7 Å². The number of fused-ring (bicyclic) bond motifs is 1. The Hall–Kier alpha value is -2.24. The van der Waals surface area contributed by atoms with Crippen LogP contribution in [0.5, 0.6) is 11.5 Å². The maximum absolute atomic E-state index is 11.5. The van der Waals surface area contributed by atoms with Gasteiger partial charge in [0.05, 0.1) is 0 Å². The lowest BCUT2D eigenvalue weighted by molar-refractivity contribution is -0.117. The topological polar surface area (TPSA) is 67.9 Å². The van der Waals surface area contributed by atoms with Crippen molar-refractivity contribution < 1.29 is 19.1 Å². The van der Waals surface area contributed by atoms with Gasteiger partial charge >= 0.3 is 6.03 Å². The molecule has 88 valence electrons. The lowest BCUT2D eigenvalue weighted by Crippen LogP contribution is -2.28. The van der Waals surface area contributed by atoms with Crippen LogP contribution in [-0.4, -0.2) is 31.7 Å². The van der Waals surface area contributed by atoms with E-state index in [0.717, 1.165) is 0 Å². The monoisotopic (exact) mass is 234 g/mol. The van der Waals surface area contributed by atoms with E-state index in [1.54, 1.807) is 18.2 Å². The smallest absolute Gasteiger partial charge is 0.329 e. The van der Waals surface area contributed by atoms with Crippen LogP contribution in [-0.2, 0) is 4.79 Å². The van der Waals surface area contributed by atoms with E-state index in [2.05, 4.69) is 5.32 Å². The van der Waals surface area contributed by atoms with Crippen LogP contribution in [0.1, 0.15) is 0 Å². The van der Waals surface area contributed by atoms with Gasteiger partial charge in [-0.25, -0.2) is 4.79 Å². The number of imide groups is 1. The van der Waals surface area contributed by atoms with Crippen LogP contribution < -0.4 is 19.7 Å². The molecule has 6 heteroatoms. The van der Waals surface area contributed by atoms with Crippen molar-refractivity contribution in [1.29, 1.82) is 0 Å². The van der Waals surface area contributed by atoms with E-state index in [-0.39, 0.29) is 12.5 Å². The first-order valence-corrected chi connectivity index (χ1v) is 5.25. The summed E-state index contributed by atoms with van der Waals surface area (Å²) in [4.78, 5) is 23.9. The zero-order chi connectivity index (χ0) is 11.8. The highest BCUT2D eigenvalue weighted by atomic mass is 16.6. The summed E-state index contributed by atoms with van der Waals surface area (Å²) in [6.45, 7) is 1.05. The Morgan fingerprint density at radius 3 is 2.59 bits per heavy atom. The van der Waals surface area contributed by atoms with E-state index in [0.29, 0.717) is 30.4 Å². The van der Waals surface area contributed by atoms with Gasteiger partial charge < -0.3 is 9.47 Å². The molecule has 1 fully saturated rings. The Morgan fingerprint density at radius 1 is 1.12 bits per heavy atom. The third kappa shape index (κ3) is 1.67. The fourth-order valence-electron chi connectivity index (χ4n) is 1.85. The average molecular weight is 234 g/mol. The molecule has 0 radical (unpaired) electrons. The summed E-state index contributed by atoms with van der Waals surface area (Å²) in [5, 5.41) is 2.22. The number of carbonyl (C=O) groups excluding carboxylic acids is 2. The number of hydrogen-bond donors (Lipinski definition) is 1. The highest BCUT2D eigenvalue weighted by molar-refractivity contribution is 6.12. The van der Waals surface area contributed by atoms with E-state index in [4.69, 9.17) is 9.47 Å². The van der Waals surface area contributed by atoms with E-state index >= 15 is 0 Å². The number of rotatable bonds is 1. The number of nitrogens with one attached hydrogen (secondary N) is 1. The molecule has 1 aromatic rings. The zero-order valence-corrected chi connectivity index (χ0v) is 8.93. The number of ether oxygens (including phenoxy) is 2. The first-order chi connectivity index (χ1) is 8.24. The van der Waals surface area contributed by atoms with Crippen LogP contribution in [0.4, 0.5) is 10.5 Å². The number of carbonyl (C=O) groups is 2. The maximum Gasteiger partial charge on any atom is 0.329 e. The number of amides is 3. The normalized spacial score (nSPS) is 18.2. The van der Waals surface area contributed by atoms with Crippen molar-refractivity contribution in [3.8, 4) is 11.5 Å². The van der Waals surface area contributed by atoms with Crippen LogP contribution in [0, 0.1) is 0 Å². The molecule has 1 N–H and O–H groups in total. The van der Waals surface area contributed by atoms with Crippen molar-refractivity contribution in [2.45, 2.75) is 0 Å². The van der Waals surface area contributed by atoms with Crippen molar-refractivity contribution in [2.24, 2.45) is 0 Å². The van der Waals surface area contributed by atoms with Gasteiger partial charge in [-0.3, -0.25) is 15.0 Å². The van der Waals surface area contributed by atoms with Crippen molar-refractivity contribution >= 4 is 17.6 Å². The van der Waals surface area contributed by atoms with Crippen LogP contribution in [0.2, 0.25) is 0 Å². The molecule has 2 heterocycles. The van der Waals surface area contributed by atoms with Crippen LogP contribution in [0.15, 0.2) is 18.2 Å². The molecule has 0 aliphatic carbocycles. The fourth-order valence-corrected chi connectivity index (χ4v) is 1.85. The summed E-state index contributed by atoms with van der Waals surface area (Å²) in [6, 6.07) is 4.75. The van der Waals surface area contributed by atoms with Crippen LogP contribution >= 0.6 is 0 Å². The highest BCUT2D eigenvalue weighted by Gasteiger charge is 2.28. The van der Waals surface area contributed by atoms with Gasteiger partial charge in [-0.2, -0.15) is 0 Å². The number of benzene rings is 1. The number of anilines is 1. The van der Waals surface area contributed by atoms with Gasteiger partial charge in [-0.15, -0.1) is 0 Å². The standard InChI is InChI=1S/C11H10N2O4/c14-10-6-13(11(15)12-10)7-1-2-8-9(5-7)17-4-3-16-8/h1-2,5H,3-4,6H2,(H,12,14,15). The molecular weight excluding hydrogens is 224 g/mol. The van der Waals surface area contributed by atoms with E-state index in [1.807, 2.05) is 0 Å². The molecule has 0 atom stereocenters. The first-order valence-electron chi connectivity index (χ1n) is 5.25. The van der Waals surface area contributed by atoms with Gasteiger partial charge in [0.25, 0.3) is 0 Å². The molecule has 0 aromatic heterocycles. The molecule has 6 nitrogen and oxygen atoms in total. The summed E-state index contributed by atoms with van der Waals surface area (Å²) in [5.41, 5.74) is 0.623. The number of nitrogens with zero attached hydrogens (tertiary/aromatic N) is 1. The lowest BCUT2D eigenvalue weighted by atomic mass is 10.2. The molecule has 0 bridgehead atoms. The van der Waals surface area contributed by atoms with Crippen LogP contribution in [0.25, 0.3) is 0 Å². The van der Waals surface area contributed by atoms with Gasteiger partial charge in [0.1, 0.15) is 19.8 Å². The van der Waals surface area contributed by atoms with Gasteiger partial charge in [0.2, 0.25) is 5.91 Å². The minimum atomic E-state index is -0.410. The summed E-state index contributed by atoms with van der Waals surface area (Å²) >= 11 is 0. The first kappa shape index (κ1) is 9.95. The quantitative estimate of drug-likeness (QED) is 0.719. The Balaban J connectivity index is 1.93. The minimum Gasteiger partial charge on any atom is -0.486 e. The summed E-state index contributed by atoms with van der Waals surface area (Å²) in [5.74, 6) is 0.955. The maximum atomic E-state index is 11.5. The second kappa shape index (κ2) is 3.65. The van der Waals surface area contributed by atoms with Crippen molar-refractivity contribution in [3.05, 3.63) is 18.2 Å². The Bertz CT molecular complexity index is 500. The third-order valence-electron chi connectivity index (χ3n) is 2.63. The fraction of sp³-hybridized carbons (Fsp3) is 0.273. The van der Waals surface area contributed by atoms with Gasteiger partial charge in [-0.05, 0) is 12.1 Å². The van der Waals surface area contributed by atoms with Crippen LogP contribution in [0.3, 0.4) is 0 Å². The molecule has 0 spiro atoms. The Kier molecular flexibility index (Phi) is 2.14. The Labute approximate surface area is 97.1 Å². The van der Waals surface area contributed by atoms with Gasteiger partial charge in [0.15, 0.2) is 11.5 Å². The summed E-state index contributed by atoms with van der Waals surface area (Å²) < 4.78 is 10.8. The van der Waals surface area contributed by atoms with Gasteiger partial charge in [-0.1, -0.05) is 0 Å². The minimum absolute atomic E-state index is 0.0402. The molecule has 3 rings (SSSR count). The molecule has 17 heavy (non-hydrogen) atoms. The molecular formula is C11H10N2O4. The highest BCUT2D eigenvalue weighted by Crippen LogP contribution is 2.34. The lowest BCUT2D eigenvalue weighted by Gasteiger charge is -2.21. The molecule has 2 aliphatic rings. The molecule has 0 saturated carbocycles. The predicted molar refractivity (Wildman–Crippen MR) is 58.3 cm³/mol. The second-order valence-electron chi connectivity index (χ2n) is 3.77. The SMILES string of the molecule is O=C1CN(c2ccc3c(c2)OCCO3)C(=O)N1. The molecule has 1 aromatic carbocycles. The second-order valence-corrected chi connectivity index (χ2v) is 3.77. The number of urea groups is 1. The molecule has 1 saturated heterocycles. The third-order valence-corrected chi connectivity index (χ3v) is 2.63. The summed E-state index contributed by atoms with van der Waals surface area (Å²) in [6.07, 6.45) is 0. The van der Waals surface area contributed by atoms with Crippen molar-refractivity contribution in [3.63, 3.8) is 0 Å². The molecule has 2 aliphatic heterocycles. The molecule has 0 unspecified atom stereocenters. The number of hydrogen-bond acceptors (Lipinski definition) is 4. The average Bonchev–Trinajstić information content (AvgIpc) is 2.68. The molecule has 3 amide bonds. The van der Waals surface area contributed by atoms with E-state index in [9.17, 15) is 9.59 Å².